The Morgan fingerprint density at radius 2 is 1.33 bits per heavy atom. The lowest BCUT2D eigenvalue weighted by Gasteiger charge is -2.37. The largest absolute Gasteiger partial charge is 0.418 e. The number of hydrogen-bond donors (Lipinski definition) is 1. The van der Waals surface area contributed by atoms with Gasteiger partial charge in [-0.2, -0.15) is 13.2 Å². The van der Waals surface area contributed by atoms with Crippen molar-refractivity contribution in [2.24, 2.45) is 0 Å². The number of benzene rings is 3. The van der Waals surface area contributed by atoms with Crippen LogP contribution < -0.4 is 10.2 Å². The van der Waals surface area contributed by atoms with Crippen LogP contribution in [0.25, 0.3) is 0 Å². The first-order valence-corrected chi connectivity index (χ1v) is 11.0. The Balaban J connectivity index is 1.69. The zero-order valence-electron chi connectivity index (χ0n) is 18.4. The van der Waals surface area contributed by atoms with Crippen LogP contribution in [0.15, 0.2) is 78.9 Å². The maximum Gasteiger partial charge on any atom is 0.418 e. The third-order valence-electron chi connectivity index (χ3n) is 6.06. The van der Waals surface area contributed by atoms with Crippen molar-refractivity contribution in [1.29, 1.82) is 0 Å². The molecule has 1 N–H and O–H groups in total. The molecule has 4 rings (SSSR count). The Labute approximate surface area is 191 Å². The van der Waals surface area contributed by atoms with Gasteiger partial charge in [-0.3, -0.25) is 4.90 Å². The molecule has 174 valence electrons. The van der Waals surface area contributed by atoms with Gasteiger partial charge in [-0.15, -0.1) is 0 Å². The van der Waals surface area contributed by atoms with Gasteiger partial charge in [-0.1, -0.05) is 60.7 Å². The molecular formula is C26H27F4N3. The summed E-state index contributed by atoms with van der Waals surface area (Å²) in [5, 5.41) is 3.18. The molecule has 0 aliphatic carbocycles. The number of halogens is 4. The van der Waals surface area contributed by atoms with Gasteiger partial charge in [0.1, 0.15) is 0 Å². The van der Waals surface area contributed by atoms with E-state index in [9.17, 15) is 17.6 Å². The first kappa shape index (κ1) is 23.1. The highest BCUT2D eigenvalue weighted by atomic mass is 19.4. The summed E-state index contributed by atoms with van der Waals surface area (Å²) >= 11 is 0. The minimum absolute atomic E-state index is 0.0268. The summed E-state index contributed by atoms with van der Waals surface area (Å²) in [5.41, 5.74) is 1.75. The molecule has 1 aliphatic heterocycles. The lowest BCUT2D eigenvalue weighted by molar-refractivity contribution is -0.137. The van der Waals surface area contributed by atoms with Crippen molar-refractivity contribution in [3.05, 3.63) is 95.6 Å². The number of nitrogens with one attached hydrogen (secondary N) is 1. The molecule has 1 heterocycles. The summed E-state index contributed by atoms with van der Waals surface area (Å²) in [6.07, 6.45) is -5.53. The fourth-order valence-corrected chi connectivity index (χ4v) is 4.24. The minimum Gasteiger partial charge on any atom is -0.374 e. The second-order valence-electron chi connectivity index (χ2n) is 8.22. The lowest BCUT2D eigenvalue weighted by Crippen LogP contribution is -2.48. The van der Waals surface area contributed by atoms with Crippen LogP contribution in [0.5, 0.6) is 0 Å². The van der Waals surface area contributed by atoms with Crippen molar-refractivity contribution in [2.45, 2.75) is 25.4 Å². The molecule has 1 unspecified atom stereocenters. The van der Waals surface area contributed by atoms with Gasteiger partial charge in [0.05, 0.1) is 11.6 Å². The van der Waals surface area contributed by atoms with Crippen LogP contribution in [0.2, 0.25) is 0 Å². The highest BCUT2D eigenvalue weighted by molar-refractivity contribution is 5.65. The Bertz CT molecular complexity index is 991. The van der Waals surface area contributed by atoms with Crippen molar-refractivity contribution in [2.75, 3.05) is 36.4 Å². The van der Waals surface area contributed by atoms with Gasteiger partial charge in [0.15, 0.2) is 6.30 Å². The molecular weight excluding hydrogens is 430 g/mol. The van der Waals surface area contributed by atoms with E-state index in [1.807, 2.05) is 65.6 Å². The average Bonchev–Trinajstić information content (AvgIpc) is 2.83. The normalized spacial score (nSPS) is 16.1. The highest BCUT2D eigenvalue weighted by Crippen LogP contribution is 2.39. The molecule has 0 aromatic heterocycles. The predicted octanol–water partition coefficient (Wildman–Crippen LogP) is 6.34. The third kappa shape index (κ3) is 5.47. The predicted molar refractivity (Wildman–Crippen MR) is 124 cm³/mol. The van der Waals surface area contributed by atoms with Crippen molar-refractivity contribution < 1.29 is 17.6 Å². The van der Waals surface area contributed by atoms with Crippen LogP contribution in [0.4, 0.5) is 28.9 Å². The molecule has 3 nitrogen and oxygen atoms in total. The molecule has 0 saturated carbocycles. The molecule has 0 radical (unpaired) electrons. The van der Waals surface area contributed by atoms with Gasteiger partial charge < -0.3 is 10.2 Å². The Morgan fingerprint density at radius 1 is 0.788 bits per heavy atom. The molecule has 1 atom stereocenters. The van der Waals surface area contributed by atoms with Crippen LogP contribution in [0, 0.1) is 0 Å². The number of nitrogens with zero attached hydrogens (tertiary/aromatic N) is 2. The maximum atomic E-state index is 13.9. The molecule has 3 aromatic carbocycles. The number of rotatable bonds is 6. The van der Waals surface area contributed by atoms with Crippen LogP contribution >= 0.6 is 0 Å². The van der Waals surface area contributed by atoms with Crippen LogP contribution in [0.1, 0.15) is 29.7 Å². The number of anilines is 2. The quantitative estimate of drug-likeness (QED) is 0.344. The van der Waals surface area contributed by atoms with Gasteiger partial charge >= 0.3 is 6.18 Å². The summed E-state index contributed by atoms with van der Waals surface area (Å²) < 4.78 is 55.4. The fraction of sp³-hybridized carbons (Fsp3) is 0.308. The Morgan fingerprint density at radius 3 is 1.82 bits per heavy atom. The zero-order chi connectivity index (χ0) is 23.4. The van der Waals surface area contributed by atoms with Crippen molar-refractivity contribution >= 4 is 11.4 Å². The van der Waals surface area contributed by atoms with Gasteiger partial charge in [0.2, 0.25) is 0 Å². The molecule has 3 aromatic rings. The van der Waals surface area contributed by atoms with Crippen LogP contribution in [-0.2, 0) is 6.18 Å². The second-order valence-corrected chi connectivity index (χ2v) is 8.22. The monoisotopic (exact) mass is 457 g/mol. The van der Waals surface area contributed by atoms with E-state index in [1.54, 1.807) is 11.0 Å². The summed E-state index contributed by atoms with van der Waals surface area (Å²) in [7, 11) is 0. The molecule has 1 aliphatic rings. The molecule has 7 heteroatoms. The van der Waals surface area contributed by atoms with Gasteiger partial charge in [0.25, 0.3) is 0 Å². The number of piperazine rings is 1. The SMILES string of the molecule is CC(F)N1CCN(c2ccc(C(F)(F)F)c(NC(c3ccccc3)c3ccccc3)c2)CC1. The topological polar surface area (TPSA) is 18.5 Å². The van der Waals surface area contributed by atoms with Crippen molar-refractivity contribution in [1.82, 2.24) is 4.90 Å². The van der Waals surface area contributed by atoms with E-state index in [0.29, 0.717) is 31.9 Å². The molecule has 0 amide bonds. The van der Waals surface area contributed by atoms with Crippen LogP contribution in [0.3, 0.4) is 0 Å². The Kier molecular flexibility index (Phi) is 6.88. The number of alkyl halides is 4. The van der Waals surface area contributed by atoms with E-state index in [1.165, 1.54) is 13.0 Å². The second kappa shape index (κ2) is 9.83. The third-order valence-corrected chi connectivity index (χ3v) is 6.06. The standard InChI is InChI=1S/C26H27F4N3/c1-19(27)32-14-16-33(17-15-32)22-12-13-23(26(28,29)30)24(18-22)31-25(20-8-4-2-5-9-20)21-10-6-3-7-11-21/h2-13,18-19,25,31H,14-17H2,1H3. The number of hydrogen-bond acceptors (Lipinski definition) is 3. The van der Waals surface area contributed by atoms with Crippen molar-refractivity contribution in [3.63, 3.8) is 0 Å². The molecule has 0 bridgehead atoms. The average molecular weight is 458 g/mol. The van der Waals surface area contributed by atoms with E-state index in [0.717, 1.165) is 17.2 Å². The van der Waals surface area contributed by atoms with E-state index in [-0.39, 0.29) is 5.69 Å². The first-order chi connectivity index (χ1) is 15.8. The van der Waals surface area contributed by atoms with Gasteiger partial charge in [-0.25, -0.2) is 4.39 Å². The summed E-state index contributed by atoms with van der Waals surface area (Å²) in [6.45, 7) is 3.67. The van der Waals surface area contributed by atoms with E-state index < -0.39 is 24.1 Å². The van der Waals surface area contributed by atoms with Gasteiger partial charge in [-0.05, 0) is 36.2 Å². The molecule has 1 fully saturated rings. The summed E-state index contributed by atoms with van der Waals surface area (Å²) in [6, 6.07) is 22.6. The summed E-state index contributed by atoms with van der Waals surface area (Å²) in [5.74, 6) is 0. The molecule has 33 heavy (non-hydrogen) atoms. The first-order valence-electron chi connectivity index (χ1n) is 11.0. The lowest BCUT2D eigenvalue weighted by atomic mass is 9.97. The summed E-state index contributed by atoms with van der Waals surface area (Å²) in [4.78, 5) is 3.73. The zero-order valence-corrected chi connectivity index (χ0v) is 18.4. The van der Waals surface area contributed by atoms with E-state index in [4.69, 9.17) is 0 Å². The smallest absolute Gasteiger partial charge is 0.374 e. The van der Waals surface area contributed by atoms with Gasteiger partial charge in [0, 0.05) is 37.6 Å². The highest BCUT2D eigenvalue weighted by Gasteiger charge is 2.35. The minimum atomic E-state index is -4.50. The molecule has 0 spiro atoms. The van der Waals surface area contributed by atoms with Crippen LogP contribution in [-0.4, -0.2) is 37.4 Å². The Hall–Kier alpha value is -3.06. The fourth-order valence-electron chi connectivity index (χ4n) is 4.24. The molecule has 1 saturated heterocycles. The van der Waals surface area contributed by atoms with Crippen molar-refractivity contribution in [3.8, 4) is 0 Å². The van der Waals surface area contributed by atoms with E-state index in [2.05, 4.69) is 5.32 Å². The van der Waals surface area contributed by atoms with E-state index >= 15 is 0 Å². The maximum absolute atomic E-state index is 13.9.